The van der Waals surface area contributed by atoms with Crippen LogP contribution in [0, 0.1) is 5.82 Å². The van der Waals surface area contributed by atoms with E-state index in [0.717, 1.165) is 43.3 Å². The molecule has 0 unspecified atom stereocenters. The van der Waals surface area contributed by atoms with Crippen LogP contribution in [0.3, 0.4) is 0 Å². The van der Waals surface area contributed by atoms with Crippen molar-refractivity contribution >= 4 is 5.91 Å². The molecule has 1 fully saturated rings. The predicted octanol–water partition coefficient (Wildman–Crippen LogP) is 3.79. The van der Waals surface area contributed by atoms with Gasteiger partial charge in [-0.25, -0.2) is 4.39 Å². The van der Waals surface area contributed by atoms with E-state index in [9.17, 15) is 9.18 Å². The van der Waals surface area contributed by atoms with E-state index in [1.54, 1.807) is 0 Å². The smallest absolute Gasteiger partial charge is 0.248 e. The van der Waals surface area contributed by atoms with Crippen LogP contribution >= 0.6 is 0 Å². The number of benzene rings is 2. The third-order valence-electron chi connectivity index (χ3n) is 5.19. The van der Waals surface area contributed by atoms with Crippen molar-refractivity contribution in [3.05, 3.63) is 77.4 Å². The van der Waals surface area contributed by atoms with Gasteiger partial charge in [0.25, 0.3) is 0 Å². The maximum atomic E-state index is 14.1. The normalized spacial score (nSPS) is 16.8. The van der Waals surface area contributed by atoms with Gasteiger partial charge in [-0.05, 0) is 61.3 Å². The lowest BCUT2D eigenvalue weighted by Crippen LogP contribution is -2.23. The molecule has 1 aliphatic heterocycles. The second-order valence-electron chi connectivity index (χ2n) is 7.30. The van der Waals surface area contributed by atoms with Gasteiger partial charge in [-0.1, -0.05) is 12.1 Å². The zero-order chi connectivity index (χ0) is 20.4. The Bertz CT molecular complexity index is 1020. The highest BCUT2D eigenvalue weighted by Gasteiger charge is 2.27. The first-order chi connectivity index (χ1) is 14.0. The fourth-order valence-corrected chi connectivity index (χ4v) is 3.72. The Labute approximate surface area is 168 Å². The molecule has 0 aliphatic carbocycles. The lowest BCUT2D eigenvalue weighted by atomic mass is 10.1. The first-order valence-electron chi connectivity index (χ1n) is 9.59. The van der Waals surface area contributed by atoms with Crippen molar-refractivity contribution in [1.29, 1.82) is 0 Å². The lowest BCUT2D eigenvalue weighted by Gasteiger charge is -2.23. The molecule has 150 valence electrons. The number of amides is 1. The van der Waals surface area contributed by atoms with Crippen LogP contribution in [-0.2, 0) is 13.6 Å². The van der Waals surface area contributed by atoms with E-state index < -0.39 is 11.7 Å². The van der Waals surface area contributed by atoms with Crippen LogP contribution in [0.4, 0.5) is 4.39 Å². The Kier molecular flexibility index (Phi) is 5.31. The molecule has 2 heterocycles. The first-order valence-corrected chi connectivity index (χ1v) is 9.59. The van der Waals surface area contributed by atoms with Crippen molar-refractivity contribution in [1.82, 2.24) is 14.7 Å². The Morgan fingerprint density at radius 2 is 2.03 bits per heavy atom. The van der Waals surface area contributed by atoms with Gasteiger partial charge in [0, 0.05) is 25.4 Å². The molecule has 2 N–H and O–H groups in total. The number of hydrogen-bond donors (Lipinski definition) is 1. The van der Waals surface area contributed by atoms with Crippen LogP contribution < -0.4 is 10.5 Å². The second kappa shape index (κ2) is 8.05. The average Bonchev–Trinajstić information content (AvgIpc) is 3.33. The molecule has 0 saturated carbocycles. The molecule has 7 heteroatoms. The summed E-state index contributed by atoms with van der Waals surface area (Å²) in [6, 6.07) is 14.0. The summed E-state index contributed by atoms with van der Waals surface area (Å²) in [5, 5.41) is 4.56. The van der Waals surface area contributed by atoms with Crippen molar-refractivity contribution in [3.63, 3.8) is 0 Å². The number of likely N-dealkylation sites (tertiary alicyclic amines) is 1. The van der Waals surface area contributed by atoms with E-state index >= 15 is 0 Å². The van der Waals surface area contributed by atoms with E-state index in [0.29, 0.717) is 11.8 Å². The Morgan fingerprint density at radius 1 is 1.24 bits per heavy atom. The Balaban J connectivity index is 1.42. The van der Waals surface area contributed by atoms with E-state index in [-0.39, 0.29) is 11.3 Å². The topological polar surface area (TPSA) is 73.4 Å². The van der Waals surface area contributed by atoms with Gasteiger partial charge in [-0.3, -0.25) is 14.4 Å². The summed E-state index contributed by atoms with van der Waals surface area (Å²) < 4.78 is 21.6. The summed E-state index contributed by atoms with van der Waals surface area (Å²) in [5.41, 5.74) is 7.54. The van der Waals surface area contributed by atoms with Gasteiger partial charge >= 0.3 is 0 Å². The van der Waals surface area contributed by atoms with Crippen LogP contribution in [0.25, 0.3) is 0 Å². The summed E-state index contributed by atoms with van der Waals surface area (Å²) in [6.45, 7) is 1.86. The van der Waals surface area contributed by atoms with Gasteiger partial charge in [-0.15, -0.1) is 0 Å². The molecular formula is C22H23FN4O2. The maximum absolute atomic E-state index is 14.1. The Morgan fingerprint density at radius 3 is 2.69 bits per heavy atom. The minimum atomic E-state index is -0.675. The zero-order valence-electron chi connectivity index (χ0n) is 16.2. The van der Waals surface area contributed by atoms with Gasteiger partial charge in [0.15, 0.2) is 11.6 Å². The molecule has 0 bridgehead atoms. The van der Waals surface area contributed by atoms with Crippen LogP contribution in [0.1, 0.15) is 40.5 Å². The van der Waals surface area contributed by atoms with Gasteiger partial charge in [0.05, 0.1) is 11.7 Å². The number of carbonyl (C=O) groups excluding carboxylic acids is 1. The predicted molar refractivity (Wildman–Crippen MR) is 107 cm³/mol. The SMILES string of the molecule is Cn1ccc([C@@H]2CCCN2Cc2ccc(Oc3ccc(C(N)=O)cc3F)cc2)n1. The first kappa shape index (κ1) is 19.1. The van der Waals surface area contributed by atoms with Crippen molar-refractivity contribution in [2.45, 2.75) is 25.4 Å². The minimum Gasteiger partial charge on any atom is -0.454 e. The number of halogens is 1. The minimum absolute atomic E-state index is 0.0532. The highest BCUT2D eigenvalue weighted by atomic mass is 19.1. The van der Waals surface area contributed by atoms with Crippen molar-refractivity contribution in [2.75, 3.05) is 6.54 Å². The third-order valence-corrected chi connectivity index (χ3v) is 5.19. The molecule has 1 aliphatic rings. The number of rotatable bonds is 6. The zero-order valence-corrected chi connectivity index (χ0v) is 16.2. The quantitative estimate of drug-likeness (QED) is 0.690. The van der Waals surface area contributed by atoms with Crippen LogP contribution in [0.5, 0.6) is 11.5 Å². The molecule has 1 amide bonds. The highest BCUT2D eigenvalue weighted by Crippen LogP contribution is 2.32. The molecular weight excluding hydrogens is 371 g/mol. The van der Waals surface area contributed by atoms with E-state index in [4.69, 9.17) is 10.5 Å². The molecule has 2 aromatic carbocycles. The van der Waals surface area contributed by atoms with Crippen molar-refractivity contribution in [3.8, 4) is 11.5 Å². The van der Waals surface area contributed by atoms with Crippen LogP contribution in [-0.4, -0.2) is 27.1 Å². The average molecular weight is 394 g/mol. The molecule has 1 aromatic heterocycles. The summed E-state index contributed by atoms with van der Waals surface area (Å²) in [7, 11) is 1.94. The number of hydrogen-bond acceptors (Lipinski definition) is 4. The summed E-state index contributed by atoms with van der Waals surface area (Å²) in [4.78, 5) is 13.6. The number of carbonyl (C=O) groups is 1. The number of aromatic nitrogens is 2. The third kappa shape index (κ3) is 4.30. The molecule has 0 spiro atoms. The summed E-state index contributed by atoms with van der Waals surface area (Å²) >= 11 is 0. The number of nitrogens with zero attached hydrogens (tertiary/aromatic N) is 3. The van der Waals surface area contributed by atoms with Gasteiger partial charge in [-0.2, -0.15) is 5.10 Å². The highest BCUT2D eigenvalue weighted by molar-refractivity contribution is 5.92. The fourth-order valence-electron chi connectivity index (χ4n) is 3.72. The standard InChI is InChI=1S/C22H23FN4O2/c1-26-12-10-19(25-26)20-3-2-11-27(20)14-15-4-7-17(8-5-15)29-21-9-6-16(22(24)28)13-18(21)23/h4-10,12-13,20H,2-3,11,14H2,1H3,(H2,24,28)/t20-/m0/s1. The number of nitrogens with two attached hydrogens (primary N) is 1. The largest absolute Gasteiger partial charge is 0.454 e. The number of aryl methyl sites for hydroxylation is 1. The molecule has 6 nitrogen and oxygen atoms in total. The molecule has 1 saturated heterocycles. The van der Waals surface area contributed by atoms with E-state index in [1.807, 2.05) is 42.2 Å². The lowest BCUT2D eigenvalue weighted by molar-refractivity contribution is 0.1000. The molecule has 0 radical (unpaired) electrons. The van der Waals surface area contributed by atoms with Gasteiger partial charge in [0.1, 0.15) is 5.75 Å². The second-order valence-corrected chi connectivity index (χ2v) is 7.30. The van der Waals surface area contributed by atoms with E-state index in [2.05, 4.69) is 16.1 Å². The van der Waals surface area contributed by atoms with E-state index in [1.165, 1.54) is 12.1 Å². The Hall–Kier alpha value is -3.19. The summed E-state index contributed by atoms with van der Waals surface area (Å²) in [6.07, 6.45) is 4.24. The number of primary amides is 1. The van der Waals surface area contributed by atoms with Crippen molar-refractivity contribution < 1.29 is 13.9 Å². The molecule has 4 rings (SSSR count). The maximum Gasteiger partial charge on any atom is 0.248 e. The summed E-state index contributed by atoms with van der Waals surface area (Å²) in [5.74, 6) is -0.717. The monoisotopic (exact) mass is 394 g/mol. The van der Waals surface area contributed by atoms with Gasteiger partial charge < -0.3 is 10.5 Å². The molecule has 1 atom stereocenters. The van der Waals surface area contributed by atoms with Crippen LogP contribution in [0.15, 0.2) is 54.7 Å². The van der Waals surface area contributed by atoms with Crippen molar-refractivity contribution in [2.24, 2.45) is 12.8 Å². The van der Waals surface area contributed by atoms with Gasteiger partial charge in [0.2, 0.25) is 5.91 Å². The fraction of sp³-hybridized carbons (Fsp3) is 0.273. The van der Waals surface area contributed by atoms with Crippen LogP contribution in [0.2, 0.25) is 0 Å². The molecule has 29 heavy (non-hydrogen) atoms. The molecule has 3 aromatic rings. The number of ether oxygens (including phenoxy) is 1.